The van der Waals surface area contributed by atoms with Crippen LogP contribution in [0.5, 0.6) is 0 Å². The summed E-state index contributed by atoms with van der Waals surface area (Å²) in [5, 5.41) is 0. The first kappa shape index (κ1) is 12.0. The molecule has 1 nitrogen and oxygen atoms in total. The molecule has 82 valence electrons. The first-order valence-corrected chi connectivity index (χ1v) is 5.32. The van der Waals surface area contributed by atoms with Crippen LogP contribution in [0.2, 0.25) is 0 Å². The van der Waals surface area contributed by atoms with E-state index in [0.717, 1.165) is 5.56 Å². The van der Waals surface area contributed by atoms with Gasteiger partial charge in [-0.05, 0) is 36.0 Å². The lowest BCUT2D eigenvalue weighted by atomic mass is 9.83. The van der Waals surface area contributed by atoms with Gasteiger partial charge >= 0.3 is 0 Å². The van der Waals surface area contributed by atoms with E-state index in [0.29, 0.717) is 6.42 Å². The summed E-state index contributed by atoms with van der Waals surface area (Å²) in [6.45, 7) is 10.7. The van der Waals surface area contributed by atoms with Crippen molar-refractivity contribution in [1.29, 1.82) is 0 Å². The lowest BCUT2D eigenvalue weighted by Gasteiger charge is -2.22. The highest BCUT2D eigenvalue weighted by atomic mass is 16.1. The summed E-state index contributed by atoms with van der Waals surface area (Å²) in [5.74, 6) is 0. The minimum Gasteiger partial charge on any atom is -0.541 e. The van der Waals surface area contributed by atoms with Crippen LogP contribution in [0, 0.1) is 13.8 Å². The molecule has 0 aliphatic carbocycles. The lowest BCUT2D eigenvalue weighted by Crippen LogP contribution is -2.12. The summed E-state index contributed by atoms with van der Waals surface area (Å²) in [7, 11) is 0. The van der Waals surface area contributed by atoms with E-state index < -0.39 is 0 Å². The number of carbonyl (C=O) groups excluding carboxylic acids is 1. The van der Waals surface area contributed by atoms with Crippen molar-refractivity contribution in [1.82, 2.24) is 0 Å². The van der Waals surface area contributed by atoms with Crippen LogP contribution in [-0.2, 0) is 16.6 Å². The number of hydrogen-bond acceptors (Lipinski definition) is 1. The third-order valence-corrected chi connectivity index (χ3v) is 2.81. The smallest absolute Gasteiger partial charge is 0.0132 e. The van der Waals surface area contributed by atoms with Gasteiger partial charge in [-0.15, -0.1) is 6.42 Å². The van der Waals surface area contributed by atoms with Gasteiger partial charge in [-0.3, -0.25) is 6.29 Å². The quantitative estimate of drug-likeness (QED) is 0.674. The van der Waals surface area contributed by atoms with Crippen LogP contribution < -0.4 is 0 Å². The van der Waals surface area contributed by atoms with Crippen molar-refractivity contribution in [2.24, 2.45) is 0 Å². The largest absolute Gasteiger partial charge is 0.541 e. The molecule has 0 amide bonds. The van der Waals surface area contributed by atoms with E-state index >= 15 is 0 Å². The molecule has 0 saturated carbocycles. The molecule has 0 heterocycles. The molecule has 1 aromatic carbocycles. The molecule has 0 spiro atoms. The lowest BCUT2D eigenvalue weighted by molar-refractivity contribution is 0.555. The second-order valence-electron chi connectivity index (χ2n) is 5.16. The van der Waals surface area contributed by atoms with Crippen LogP contribution in [-0.4, -0.2) is 6.29 Å². The predicted molar refractivity (Wildman–Crippen MR) is 64.0 cm³/mol. The van der Waals surface area contributed by atoms with Crippen molar-refractivity contribution in [3.05, 3.63) is 34.4 Å². The van der Waals surface area contributed by atoms with E-state index in [1.165, 1.54) is 16.7 Å². The Morgan fingerprint density at radius 1 is 1.13 bits per heavy atom. The molecule has 15 heavy (non-hydrogen) atoms. The Kier molecular flexibility index (Phi) is 3.33. The fraction of sp³-hybridized carbons (Fsp3) is 0.500. The van der Waals surface area contributed by atoms with Crippen molar-refractivity contribution in [3.63, 3.8) is 0 Å². The van der Waals surface area contributed by atoms with Gasteiger partial charge in [0.2, 0.25) is 0 Å². The topological polar surface area (TPSA) is 17.1 Å². The average Bonchev–Trinajstić information content (AvgIpc) is 2.09. The van der Waals surface area contributed by atoms with Crippen LogP contribution >= 0.6 is 0 Å². The zero-order valence-corrected chi connectivity index (χ0v) is 10.3. The third kappa shape index (κ3) is 2.68. The number of hydrogen-bond donors (Lipinski definition) is 0. The van der Waals surface area contributed by atoms with Gasteiger partial charge in [-0.25, -0.2) is 0 Å². The molecule has 1 aromatic rings. The van der Waals surface area contributed by atoms with Crippen molar-refractivity contribution < 1.29 is 4.79 Å². The Hall–Kier alpha value is -1.11. The molecule has 0 atom stereocenters. The fourth-order valence-corrected chi connectivity index (χ4v) is 1.78. The van der Waals surface area contributed by atoms with Gasteiger partial charge in [0.05, 0.1) is 0 Å². The second kappa shape index (κ2) is 4.18. The van der Waals surface area contributed by atoms with Crippen molar-refractivity contribution in [2.45, 2.75) is 46.5 Å². The summed E-state index contributed by atoms with van der Waals surface area (Å²) in [4.78, 5) is 10.4. The maximum Gasteiger partial charge on any atom is -0.0132 e. The number of rotatable bonds is 2. The summed E-state index contributed by atoms with van der Waals surface area (Å²) >= 11 is 0. The van der Waals surface area contributed by atoms with Crippen LogP contribution in [0.1, 0.15) is 43.0 Å². The second-order valence-corrected chi connectivity index (χ2v) is 5.16. The molecule has 0 saturated heterocycles. The SMILES string of the molecule is Cc1cc(C(C)(C)C)cc(C)c1C[C-]=O. The van der Waals surface area contributed by atoms with Crippen LogP contribution in [0.15, 0.2) is 12.1 Å². The van der Waals surface area contributed by atoms with E-state index in [2.05, 4.69) is 46.8 Å². The van der Waals surface area contributed by atoms with Crippen molar-refractivity contribution in [3.8, 4) is 0 Å². The van der Waals surface area contributed by atoms with Gasteiger partial charge in [-0.1, -0.05) is 38.5 Å². The fourth-order valence-electron chi connectivity index (χ4n) is 1.78. The Labute approximate surface area is 92.5 Å². The highest BCUT2D eigenvalue weighted by molar-refractivity contribution is 5.59. The van der Waals surface area contributed by atoms with Crippen molar-refractivity contribution in [2.75, 3.05) is 0 Å². The molecule has 0 N–H and O–H groups in total. The summed E-state index contributed by atoms with van der Waals surface area (Å²) in [5.41, 5.74) is 5.01. The molecule has 0 fully saturated rings. The van der Waals surface area contributed by atoms with E-state index in [-0.39, 0.29) is 5.41 Å². The van der Waals surface area contributed by atoms with Gasteiger partial charge in [0.1, 0.15) is 0 Å². The van der Waals surface area contributed by atoms with Gasteiger partial charge in [-0.2, -0.15) is 0 Å². The molecule has 0 bridgehead atoms. The number of benzene rings is 1. The predicted octanol–water partition coefficient (Wildman–Crippen LogP) is 3.25. The van der Waals surface area contributed by atoms with Crippen LogP contribution in [0.3, 0.4) is 0 Å². The van der Waals surface area contributed by atoms with Crippen LogP contribution in [0.25, 0.3) is 0 Å². The van der Waals surface area contributed by atoms with E-state index in [1.54, 1.807) is 0 Å². The van der Waals surface area contributed by atoms with E-state index in [1.807, 2.05) is 6.29 Å². The van der Waals surface area contributed by atoms with Gasteiger partial charge in [0, 0.05) is 0 Å². The maximum absolute atomic E-state index is 10.4. The Balaban J connectivity index is 3.25. The average molecular weight is 203 g/mol. The minimum absolute atomic E-state index is 0.166. The zero-order chi connectivity index (χ0) is 11.6. The molecule has 0 aliphatic rings. The maximum atomic E-state index is 10.4. The minimum atomic E-state index is 0.166. The molecule has 0 aliphatic heterocycles. The van der Waals surface area contributed by atoms with Crippen molar-refractivity contribution >= 4 is 6.29 Å². The van der Waals surface area contributed by atoms with Gasteiger partial charge < -0.3 is 4.79 Å². The molecule has 0 radical (unpaired) electrons. The summed E-state index contributed by atoms with van der Waals surface area (Å²) in [6.07, 6.45) is 2.38. The molecule has 0 unspecified atom stereocenters. The molecule has 1 heteroatoms. The summed E-state index contributed by atoms with van der Waals surface area (Å²) in [6, 6.07) is 4.36. The van der Waals surface area contributed by atoms with E-state index in [4.69, 9.17) is 0 Å². The Bertz CT molecular complexity index is 346. The molecular formula is C14H19O-. The number of aryl methyl sites for hydroxylation is 2. The van der Waals surface area contributed by atoms with E-state index in [9.17, 15) is 4.79 Å². The Morgan fingerprint density at radius 2 is 1.60 bits per heavy atom. The normalized spacial score (nSPS) is 11.5. The van der Waals surface area contributed by atoms with Gasteiger partial charge in [0.15, 0.2) is 0 Å². The standard InChI is InChI=1S/C14H19O/c1-10-8-12(14(3,4)5)9-11(2)13(10)6-7-15/h8-9H,6H2,1-5H3/q-1. The third-order valence-electron chi connectivity index (χ3n) is 2.81. The summed E-state index contributed by atoms with van der Waals surface area (Å²) < 4.78 is 0. The molecule has 1 rings (SSSR count). The Morgan fingerprint density at radius 3 is 1.93 bits per heavy atom. The first-order valence-electron chi connectivity index (χ1n) is 5.32. The highest BCUT2D eigenvalue weighted by Crippen LogP contribution is 2.26. The van der Waals surface area contributed by atoms with Gasteiger partial charge in [0.25, 0.3) is 0 Å². The highest BCUT2D eigenvalue weighted by Gasteiger charge is 2.15. The first-order chi connectivity index (χ1) is 6.86. The monoisotopic (exact) mass is 203 g/mol. The molecule has 0 aromatic heterocycles. The van der Waals surface area contributed by atoms with Crippen LogP contribution in [0.4, 0.5) is 0 Å². The molecular weight excluding hydrogens is 184 g/mol. The zero-order valence-electron chi connectivity index (χ0n) is 10.3.